The number of piperazine rings is 1. The van der Waals surface area contributed by atoms with Gasteiger partial charge in [-0.05, 0) is 12.1 Å². The van der Waals surface area contributed by atoms with Gasteiger partial charge in [0.15, 0.2) is 21.3 Å². The smallest absolute Gasteiger partial charge is 0.239 e. The number of amides is 1. The van der Waals surface area contributed by atoms with Crippen LogP contribution in [0.4, 0.5) is 5.69 Å². The van der Waals surface area contributed by atoms with Gasteiger partial charge >= 0.3 is 0 Å². The molecule has 3 aliphatic rings. The summed E-state index contributed by atoms with van der Waals surface area (Å²) in [5, 5.41) is 2.78. The minimum atomic E-state index is -3.12. The van der Waals surface area contributed by atoms with Crippen LogP contribution in [0.15, 0.2) is 18.2 Å². The quantitative estimate of drug-likeness (QED) is 0.754. The number of hydrogen-bond donors (Lipinski definition) is 1. The van der Waals surface area contributed by atoms with Crippen LogP contribution in [-0.4, -0.2) is 57.7 Å². The van der Waals surface area contributed by atoms with E-state index in [0.717, 1.165) is 5.69 Å². The second-order valence-electron chi connectivity index (χ2n) is 5.77. The van der Waals surface area contributed by atoms with E-state index in [2.05, 4.69) is 5.32 Å². The Kier molecular flexibility index (Phi) is 2.97. The van der Waals surface area contributed by atoms with Gasteiger partial charge in [-0.15, -0.1) is 0 Å². The normalized spacial score (nSPS) is 28.9. The van der Waals surface area contributed by atoms with Gasteiger partial charge in [0.05, 0.1) is 30.1 Å². The Bertz CT molecular complexity index is 733. The van der Waals surface area contributed by atoms with Crippen LogP contribution in [0, 0.1) is 0 Å². The lowest BCUT2D eigenvalue weighted by atomic mass is 10.1. The number of carbonyl (C=O) groups is 1. The van der Waals surface area contributed by atoms with Crippen LogP contribution in [0.3, 0.4) is 0 Å². The molecular weight excluding hydrogens is 308 g/mol. The van der Waals surface area contributed by atoms with Crippen LogP contribution in [0.2, 0.25) is 0 Å². The number of carbonyl (C=O) groups excluding carboxylic acids is 1. The van der Waals surface area contributed by atoms with E-state index in [-0.39, 0.29) is 36.0 Å². The summed E-state index contributed by atoms with van der Waals surface area (Å²) >= 11 is 0. The third kappa shape index (κ3) is 2.27. The highest BCUT2D eigenvalue weighted by atomic mass is 32.2. The minimum absolute atomic E-state index is 0.00442. The first kappa shape index (κ1) is 13.7. The first-order valence-corrected chi connectivity index (χ1v) is 9.00. The summed E-state index contributed by atoms with van der Waals surface area (Å²) < 4.78 is 34.8. The molecule has 3 aliphatic heterocycles. The van der Waals surface area contributed by atoms with E-state index >= 15 is 0 Å². The average molecular weight is 324 g/mol. The number of anilines is 1. The molecule has 0 spiro atoms. The Balaban J connectivity index is 1.69. The topological polar surface area (TPSA) is 84.9 Å². The van der Waals surface area contributed by atoms with Gasteiger partial charge in [-0.1, -0.05) is 0 Å². The first-order valence-electron chi connectivity index (χ1n) is 7.18. The van der Waals surface area contributed by atoms with E-state index in [1.54, 1.807) is 6.07 Å². The SMILES string of the molecule is O=C1CN(c2ccc3c(c2)OCCO3)[C@H]2CS(=O)(=O)C[C@@H]2N1. The van der Waals surface area contributed by atoms with Crippen LogP contribution in [0.5, 0.6) is 11.5 Å². The Morgan fingerprint density at radius 2 is 1.91 bits per heavy atom. The molecular formula is C14H16N2O5S. The molecule has 1 N–H and O–H groups in total. The van der Waals surface area contributed by atoms with Gasteiger partial charge in [0.1, 0.15) is 13.2 Å². The molecule has 8 heteroatoms. The third-order valence-electron chi connectivity index (χ3n) is 4.24. The lowest BCUT2D eigenvalue weighted by Gasteiger charge is -2.38. The maximum absolute atomic E-state index is 11.9. The Morgan fingerprint density at radius 1 is 1.14 bits per heavy atom. The van der Waals surface area contributed by atoms with Crippen LogP contribution in [0.1, 0.15) is 0 Å². The highest BCUT2D eigenvalue weighted by molar-refractivity contribution is 7.91. The molecule has 22 heavy (non-hydrogen) atoms. The number of nitrogens with zero attached hydrogens (tertiary/aromatic N) is 1. The summed E-state index contributed by atoms with van der Waals surface area (Å²) in [6.07, 6.45) is 0. The lowest BCUT2D eigenvalue weighted by Crippen LogP contribution is -2.60. The molecule has 118 valence electrons. The van der Waals surface area contributed by atoms with Crippen molar-refractivity contribution in [3.8, 4) is 11.5 Å². The van der Waals surface area contributed by atoms with Crippen molar-refractivity contribution in [2.75, 3.05) is 36.2 Å². The number of hydrogen-bond acceptors (Lipinski definition) is 6. The summed E-state index contributed by atoms with van der Waals surface area (Å²) in [7, 11) is -3.12. The third-order valence-corrected chi connectivity index (χ3v) is 5.96. The number of rotatable bonds is 1. The number of ether oxygens (including phenoxy) is 2. The maximum Gasteiger partial charge on any atom is 0.239 e. The van der Waals surface area contributed by atoms with E-state index in [0.29, 0.717) is 24.7 Å². The summed E-state index contributed by atoms with van der Waals surface area (Å²) in [5.74, 6) is 1.21. The van der Waals surface area contributed by atoms with Crippen LogP contribution >= 0.6 is 0 Å². The standard InChI is InChI=1S/C14H16N2O5S/c17-14-6-16(11-8-22(18,19)7-10(11)15-14)9-1-2-12-13(5-9)21-4-3-20-12/h1-2,5,10-11H,3-4,6-8H2,(H,15,17)/t10-,11-/m0/s1. The van der Waals surface area contributed by atoms with Gasteiger partial charge < -0.3 is 19.7 Å². The maximum atomic E-state index is 11.9. The molecule has 0 radical (unpaired) electrons. The predicted molar refractivity (Wildman–Crippen MR) is 79.2 cm³/mol. The molecule has 0 bridgehead atoms. The predicted octanol–water partition coefficient (Wildman–Crippen LogP) is -0.440. The van der Waals surface area contributed by atoms with E-state index in [1.807, 2.05) is 17.0 Å². The molecule has 0 aromatic heterocycles. The molecule has 7 nitrogen and oxygen atoms in total. The fourth-order valence-corrected chi connectivity index (χ4v) is 5.21. The lowest BCUT2D eigenvalue weighted by molar-refractivity contribution is -0.121. The fraction of sp³-hybridized carbons (Fsp3) is 0.500. The van der Waals surface area contributed by atoms with Gasteiger partial charge in [-0.2, -0.15) is 0 Å². The van der Waals surface area contributed by atoms with E-state index in [1.165, 1.54) is 0 Å². The molecule has 2 saturated heterocycles. The van der Waals surface area contributed by atoms with Crippen LogP contribution in [-0.2, 0) is 14.6 Å². The molecule has 1 aromatic rings. The van der Waals surface area contributed by atoms with Crippen molar-refractivity contribution in [2.45, 2.75) is 12.1 Å². The second kappa shape index (κ2) is 4.77. The Hall–Kier alpha value is -1.96. The summed E-state index contributed by atoms with van der Waals surface area (Å²) in [6.45, 7) is 1.15. The summed E-state index contributed by atoms with van der Waals surface area (Å²) in [5.41, 5.74) is 0.784. The van der Waals surface area contributed by atoms with E-state index in [4.69, 9.17) is 9.47 Å². The van der Waals surface area contributed by atoms with Crippen molar-refractivity contribution in [1.82, 2.24) is 5.32 Å². The van der Waals surface area contributed by atoms with Crippen molar-refractivity contribution in [3.05, 3.63) is 18.2 Å². The van der Waals surface area contributed by atoms with Gasteiger partial charge in [0.2, 0.25) is 5.91 Å². The van der Waals surface area contributed by atoms with Crippen molar-refractivity contribution in [2.24, 2.45) is 0 Å². The number of sulfone groups is 1. The Labute approximate surface area is 128 Å². The van der Waals surface area contributed by atoms with Gasteiger partial charge in [-0.25, -0.2) is 8.42 Å². The molecule has 2 fully saturated rings. The molecule has 0 saturated carbocycles. The average Bonchev–Trinajstić information content (AvgIpc) is 2.79. The van der Waals surface area contributed by atoms with Crippen molar-refractivity contribution in [3.63, 3.8) is 0 Å². The first-order chi connectivity index (χ1) is 10.5. The zero-order valence-corrected chi connectivity index (χ0v) is 12.6. The molecule has 2 atom stereocenters. The second-order valence-corrected chi connectivity index (χ2v) is 7.93. The van der Waals surface area contributed by atoms with Crippen molar-refractivity contribution >= 4 is 21.4 Å². The monoisotopic (exact) mass is 324 g/mol. The number of fused-ring (bicyclic) bond motifs is 2. The van der Waals surface area contributed by atoms with Gasteiger partial charge in [0.25, 0.3) is 0 Å². The van der Waals surface area contributed by atoms with Crippen molar-refractivity contribution in [1.29, 1.82) is 0 Å². The zero-order chi connectivity index (χ0) is 15.3. The summed E-state index contributed by atoms with van der Waals surface area (Å²) in [6, 6.07) is 4.88. The highest BCUT2D eigenvalue weighted by Crippen LogP contribution is 2.36. The number of nitrogens with one attached hydrogen (secondary N) is 1. The minimum Gasteiger partial charge on any atom is -0.486 e. The molecule has 1 amide bonds. The highest BCUT2D eigenvalue weighted by Gasteiger charge is 2.45. The molecule has 0 unspecified atom stereocenters. The van der Waals surface area contributed by atoms with E-state index in [9.17, 15) is 13.2 Å². The fourth-order valence-electron chi connectivity index (χ4n) is 3.29. The van der Waals surface area contributed by atoms with Gasteiger partial charge in [0, 0.05) is 11.8 Å². The molecule has 0 aliphatic carbocycles. The molecule has 4 rings (SSSR count). The summed E-state index contributed by atoms with van der Waals surface area (Å²) in [4.78, 5) is 13.7. The molecule has 3 heterocycles. The van der Waals surface area contributed by atoms with E-state index < -0.39 is 9.84 Å². The van der Waals surface area contributed by atoms with Crippen molar-refractivity contribution < 1.29 is 22.7 Å². The molecule has 1 aromatic carbocycles. The number of benzene rings is 1. The van der Waals surface area contributed by atoms with Crippen LogP contribution in [0.25, 0.3) is 0 Å². The zero-order valence-electron chi connectivity index (χ0n) is 11.8. The largest absolute Gasteiger partial charge is 0.486 e. The Morgan fingerprint density at radius 3 is 2.73 bits per heavy atom. The van der Waals surface area contributed by atoms with Gasteiger partial charge in [-0.3, -0.25) is 4.79 Å². The van der Waals surface area contributed by atoms with Crippen LogP contribution < -0.4 is 19.7 Å².